The number of halogens is 1. The highest BCUT2D eigenvalue weighted by Crippen LogP contribution is 2.38. The number of benzene rings is 3. The van der Waals surface area contributed by atoms with Gasteiger partial charge in [-0.1, -0.05) is 74.9 Å². The minimum atomic E-state index is -0.672. The Morgan fingerprint density at radius 2 is 1.85 bits per heavy atom. The van der Waals surface area contributed by atoms with Gasteiger partial charge in [0.2, 0.25) is 0 Å². The third-order valence-electron chi connectivity index (χ3n) is 7.83. The van der Waals surface area contributed by atoms with Crippen molar-refractivity contribution in [2.24, 2.45) is 4.99 Å². The van der Waals surface area contributed by atoms with Crippen LogP contribution in [0.1, 0.15) is 80.3 Å². The highest BCUT2D eigenvalue weighted by molar-refractivity contribution is 9.10. The molecule has 8 nitrogen and oxygen atoms in total. The number of methoxy groups -OCH3 is 1. The molecule has 1 aliphatic heterocycles. The molecule has 1 aliphatic rings. The van der Waals surface area contributed by atoms with Gasteiger partial charge < -0.3 is 14.2 Å². The summed E-state index contributed by atoms with van der Waals surface area (Å²) in [5, 5.41) is 9.06. The van der Waals surface area contributed by atoms with E-state index in [4.69, 9.17) is 24.5 Å². The van der Waals surface area contributed by atoms with E-state index >= 15 is 0 Å². The Morgan fingerprint density at radius 3 is 2.47 bits per heavy atom. The molecule has 4 aromatic rings. The minimum absolute atomic E-state index is 0.217. The Kier molecular flexibility index (Phi) is 10.8. The van der Waals surface area contributed by atoms with Crippen LogP contribution in [0.25, 0.3) is 6.08 Å². The van der Waals surface area contributed by atoms with E-state index < -0.39 is 12.0 Å². The fourth-order valence-electron chi connectivity index (χ4n) is 5.45. The monoisotopic (exact) mass is 713 g/mol. The normalized spacial score (nSPS) is 14.4. The zero-order chi connectivity index (χ0) is 33.7. The maximum absolute atomic E-state index is 14.2. The summed E-state index contributed by atoms with van der Waals surface area (Å²) in [5.41, 5.74) is 4.99. The molecule has 47 heavy (non-hydrogen) atoms. The fraction of sp³-hybridized carbons (Fsp3) is 0.297. The molecule has 1 atom stereocenters. The quantitative estimate of drug-likeness (QED) is 0.156. The van der Waals surface area contributed by atoms with E-state index in [1.54, 1.807) is 36.8 Å². The third kappa shape index (κ3) is 7.27. The van der Waals surface area contributed by atoms with E-state index in [0.29, 0.717) is 54.5 Å². The first-order chi connectivity index (χ1) is 22.7. The molecular formula is C37H36BrN3O5S. The van der Waals surface area contributed by atoms with Crippen molar-refractivity contribution < 1.29 is 19.0 Å². The van der Waals surface area contributed by atoms with Crippen molar-refractivity contribution in [1.29, 1.82) is 5.26 Å². The Bertz CT molecular complexity index is 2040. The first kappa shape index (κ1) is 33.9. The molecule has 0 bridgehead atoms. The summed E-state index contributed by atoms with van der Waals surface area (Å²) in [6.45, 7) is 8.56. The van der Waals surface area contributed by atoms with E-state index in [2.05, 4.69) is 35.8 Å². The number of rotatable bonds is 11. The van der Waals surface area contributed by atoms with Gasteiger partial charge in [0.05, 0.1) is 51.7 Å². The summed E-state index contributed by atoms with van der Waals surface area (Å²) in [7, 11) is 1.56. The first-order valence-corrected chi connectivity index (χ1v) is 17.1. The predicted molar refractivity (Wildman–Crippen MR) is 186 cm³/mol. The standard InChI is InChI=1S/C37H36BrN3O5S/c1-6-8-29-32(36(43)45-7-2)33(27-15-13-26(14-16-27)22(3)4)41-35(42)31(47-37(41)40-29)19-25-17-28(38)34(30(18-25)44-5)46-21-24-11-9-23(20-39)10-12-24/h9-19,22,33H,6-8,21H2,1-5H3/b31-19+/t33-/m1/s1. The molecule has 3 aromatic carbocycles. The summed E-state index contributed by atoms with van der Waals surface area (Å²) in [6, 6.07) is 20.4. The van der Waals surface area contributed by atoms with Gasteiger partial charge in [0, 0.05) is 0 Å². The lowest BCUT2D eigenvalue weighted by molar-refractivity contribution is -0.139. The smallest absolute Gasteiger partial charge is 0.338 e. The number of carbonyl (C=O) groups is 1. The Labute approximate surface area is 286 Å². The van der Waals surface area contributed by atoms with Crippen molar-refractivity contribution in [2.75, 3.05) is 13.7 Å². The second kappa shape index (κ2) is 15.0. The number of thiazole rings is 1. The van der Waals surface area contributed by atoms with Crippen molar-refractivity contribution in [1.82, 2.24) is 4.57 Å². The van der Waals surface area contributed by atoms with Gasteiger partial charge in [0.1, 0.15) is 6.61 Å². The van der Waals surface area contributed by atoms with Crippen LogP contribution in [0.15, 0.2) is 86.2 Å². The van der Waals surface area contributed by atoms with Crippen molar-refractivity contribution in [3.8, 4) is 17.6 Å². The van der Waals surface area contributed by atoms with Crippen LogP contribution in [0, 0.1) is 11.3 Å². The van der Waals surface area contributed by atoms with Gasteiger partial charge in [-0.15, -0.1) is 0 Å². The van der Waals surface area contributed by atoms with E-state index in [0.717, 1.165) is 23.1 Å². The summed E-state index contributed by atoms with van der Waals surface area (Å²) in [6.07, 6.45) is 3.16. The van der Waals surface area contributed by atoms with Crippen LogP contribution in [0.5, 0.6) is 11.5 Å². The largest absolute Gasteiger partial charge is 0.493 e. The molecule has 0 N–H and O–H groups in total. The van der Waals surface area contributed by atoms with Crippen molar-refractivity contribution in [3.05, 3.63) is 124 Å². The molecule has 0 fully saturated rings. The molecule has 0 spiro atoms. The zero-order valence-corrected chi connectivity index (χ0v) is 29.4. The molecule has 0 saturated carbocycles. The number of fused-ring (bicyclic) bond motifs is 1. The second-order valence-corrected chi connectivity index (χ2v) is 13.2. The van der Waals surface area contributed by atoms with Crippen molar-refractivity contribution in [3.63, 3.8) is 0 Å². The lowest BCUT2D eigenvalue weighted by atomic mass is 9.92. The van der Waals surface area contributed by atoms with Crippen molar-refractivity contribution in [2.45, 2.75) is 59.1 Å². The molecule has 0 radical (unpaired) electrons. The zero-order valence-electron chi connectivity index (χ0n) is 27.0. The van der Waals surface area contributed by atoms with Gasteiger partial charge >= 0.3 is 5.97 Å². The topological polar surface area (TPSA) is 103 Å². The van der Waals surface area contributed by atoms with E-state index in [1.165, 1.54) is 16.9 Å². The SMILES string of the molecule is CCCC1=C(C(=O)OCC)[C@@H](c2ccc(C(C)C)cc2)n2c(s/c(=C/c3cc(Br)c(OCc4ccc(C#N)cc4)c(OC)c3)c2=O)=N1. The van der Waals surface area contributed by atoms with E-state index in [9.17, 15) is 9.59 Å². The molecule has 10 heteroatoms. The van der Waals surface area contributed by atoms with Gasteiger partial charge in [-0.3, -0.25) is 9.36 Å². The maximum atomic E-state index is 14.2. The Hall–Kier alpha value is -4.46. The van der Waals surface area contributed by atoms with Gasteiger partial charge in [0.15, 0.2) is 16.3 Å². The van der Waals surface area contributed by atoms with Gasteiger partial charge in [0.25, 0.3) is 5.56 Å². The molecule has 1 aromatic heterocycles. The van der Waals surface area contributed by atoms with Crippen molar-refractivity contribution >= 4 is 39.3 Å². The first-order valence-electron chi connectivity index (χ1n) is 15.5. The van der Waals surface area contributed by atoms with Crippen LogP contribution < -0.4 is 24.4 Å². The minimum Gasteiger partial charge on any atom is -0.493 e. The maximum Gasteiger partial charge on any atom is 0.338 e. The number of ether oxygens (including phenoxy) is 3. The molecule has 242 valence electrons. The second-order valence-electron chi connectivity index (χ2n) is 11.4. The molecule has 2 heterocycles. The summed E-state index contributed by atoms with van der Waals surface area (Å²) >= 11 is 4.90. The highest BCUT2D eigenvalue weighted by Gasteiger charge is 2.34. The van der Waals surface area contributed by atoms with Crippen LogP contribution in [0.3, 0.4) is 0 Å². The summed E-state index contributed by atoms with van der Waals surface area (Å²) < 4.78 is 20.0. The van der Waals surface area contributed by atoms with Crippen LogP contribution in [-0.2, 0) is 16.1 Å². The number of hydrogen-bond donors (Lipinski definition) is 0. The average molecular weight is 715 g/mol. The number of allylic oxidation sites excluding steroid dienone is 1. The molecular weight excluding hydrogens is 678 g/mol. The number of carbonyl (C=O) groups excluding carboxylic acids is 1. The number of hydrogen-bond acceptors (Lipinski definition) is 8. The third-order valence-corrected chi connectivity index (χ3v) is 9.40. The average Bonchev–Trinajstić information content (AvgIpc) is 3.37. The highest BCUT2D eigenvalue weighted by atomic mass is 79.9. The van der Waals surface area contributed by atoms with Crippen LogP contribution in [-0.4, -0.2) is 24.3 Å². The van der Waals surface area contributed by atoms with E-state index in [-0.39, 0.29) is 18.8 Å². The molecule has 5 rings (SSSR count). The summed E-state index contributed by atoms with van der Waals surface area (Å²) in [4.78, 5) is 33.1. The van der Waals surface area contributed by atoms with Gasteiger partial charge in [-0.05, 0) is 87.8 Å². The number of esters is 1. The number of aromatic nitrogens is 1. The summed E-state index contributed by atoms with van der Waals surface area (Å²) in [5.74, 6) is 0.886. The Morgan fingerprint density at radius 1 is 1.13 bits per heavy atom. The van der Waals surface area contributed by atoms with Gasteiger partial charge in [-0.2, -0.15) is 5.26 Å². The fourth-order valence-corrected chi connectivity index (χ4v) is 7.04. The van der Waals surface area contributed by atoms with Crippen LogP contribution >= 0.6 is 27.3 Å². The van der Waals surface area contributed by atoms with Gasteiger partial charge in [-0.25, -0.2) is 9.79 Å². The molecule has 0 saturated heterocycles. The van der Waals surface area contributed by atoms with E-state index in [1.807, 2.05) is 55.5 Å². The molecule has 0 unspecified atom stereocenters. The predicted octanol–water partition coefficient (Wildman–Crippen LogP) is 6.92. The number of nitriles is 1. The lowest BCUT2D eigenvalue weighted by Gasteiger charge is -2.26. The molecule has 0 aliphatic carbocycles. The molecule has 0 amide bonds. The number of nitrogens with zero attached hydrogens (tertiary/aromatic N) is 3. The lowest BCUT2D eigenvalue weighted by Crippen LogP contribution is -2.40. The Balaban J connectivity index is 1.59. The van der Waals surface area contributed by atoms with Crippen LogP contribution in [0.4, 0.5) is 0 Å². The van der Waals surface area contributed by atoms with Crippen LogP contribution in [0.2, 0.25) is 0 Å².